The Hall–Kier alpha value is -2.99. The smallest absolute Gasteiger partial charge is 0.320 e. The Bertz CT molecular complexity index is 904. The molecular formula is C20H22N2O4. The number of hydrogen-bond acceptors (Lipinski definition) is 4. The Labute approximate surface area is 151 Å². The second kappa shape index (κ2) is 7.93. The van der Waals surface area contributed by atoms with Crippen molar-refractivity contribution in [3.8, 4) is 11.5 Å². The number of para-hydroxylation sites is 3. The van der Waals surface area contributed by atoms with Crippen LogP contribution in [0.4, 0.5) is 0 Å². The lowest BCUT2D eigenvalue weighted by atomic mass is 10.1. The Kier molecular flexibility index (Phi) is 5.43. The van der Waals surface area contributed by atoms with Gasteiger partial charge < -0.3 is 24.9 Å². The summed E-state index contributed by atoms with van der Waals surface area (Å²) in [7, 11) is 1.61. The minimum absolute atomic E-state index is 0.288. The number of fused-ring (bicyclic) bond motifs is 1. The van der Waals surface area contributed by atoms with Crippen molar-refractivity contribution in [2.75, 3.05) is 13.7 Å². The maximum atomic E-state index is 11.1. The van der Waals surface area contributed by atoms with Crippen LogP contribution in [0.15, 0.2) is 54.7 Å². The van der Waals surface area contributed by atoms with Gasteiger partial charge in [-0.05, 0) is 23.8 Å². The monoisotopic (exact) mass is 354 g/mol. The molecule has 0 radical (unpaired) electrons. The zero-order valence-corrected chi connectivity index (χ0v) is 14.6. The van der Waals surface area contributed by atoms with Crippen molar-refractivity contribution in [3.05, 3.63) is 60.3 Å². The summed E-state index contributed by atoms with van der Waals surface area (Å²) in [6, 6.07) is 14.5. The van der Waals surface area contributed by atoms with Crippen LogP contribution in [0.3, 0.4) is 0 Å². The van der Waals surface area contributed by atoms with Crippen molar-refractivity contribution in [3.63, 3.8) is 0 Å². The predicted molar refractivity (Wildman–Crippen MR) is 99.7 cm³/mol. The first-order valence-corrected chi connectivity index (χ1v) is 8.41. The maximum absolute atomic E-state index is 11.1. The molecule has 3 N–H and O–H groups in total. The number of rotatable bonds is 8. The van der Waals surface area contributed by atoms with Crippen LogP contribution in [0.1, 0.15) is 5.56 Å². The van der Waals surface area contributed by atoms with E-state index < -0.39 is 12.0 Å². The van der Waals surface area contributed by atoms with Gasteiger partial charge in [-0.25, -0.2) is 0 Å². The number of methoxy groups -OCH3 is 1. The van der Waals surface area contributed by atoms with E-state index in [1.807, 2.05) is 54.7 Å². The van der Waals surface area contributed by atoms with Gasteiger partial charge in [0.2, 0.25) is 0 Å². The molecule has 1 unspecified atom stereocenters. The molecule has 1 atom stereocenters. The molecular weight excluding hydrogens is 332 g/mol. The second-order valence-electron chi connectivity index (χ2n) is 6.01. The number of carboxylic acids is 1. The van der Waals surface area contributed by atoms with Gasteiger partial charge in [-0.3, -0.25) is 4.79 Å². The third-order valence-electron chi connectivity index (χ3n) is 4.29. The number of carbonyl (C=O) groups is 1. The molecule has 0 aliphatic heterocycles. The summed E-state index contributed by atoms with van der Waals surface area (Å²) in [6.45, 7) is 1.09. The van der Waals surface area contributed by atoms with Crippen LogP contribution >= 0.6 is 0 Å². The van der Waals surface area contributed by atoms with Crippen LogP contribution < -0.4 is 15.2 Å². The average molecular weight is 354 g/mol. The van der Waals surface area contributed by atoms with Gasteiger partial charge in [-0.15, -0.1) is 0 Å². The topological polar surface area (TPSA) is 86.7 Å². The minimum atomic E-state index is -0.999. The molecule has 1 aromatic heterocycles. The fraction of sp³-hybridized carbons (Fsp3) is 0.250. The van der Waals surface area contributed by atoms with Gasteiger partial charge in [-0.2, -0.15) is 0 Å². The van der Waals surface area contributed by atoms with E-state index in [1.165, 1.54) is 0 Å². The highest BCUT2D eigenvalue weighted by Crippen LogP contribution is 2.26. The third kappa shape index (κ3) is 3.81. The quantitative estimate of drug-likeness (QED) is 0.649. The van der Waals surface area contributed by atoms with Gasteiger partial charge in [-0.1, -0.05) is 30.3 Å². The largest absolute Gasteiger partial charge is 0.493 e. The highest BCUT2D eigenvalue weighted by molar-refractivity contribution is 5.85. The molecule has 136 valence electrons. The summed E-state index contributed by atoms with van der Waals surface area (Å²) in [4.78, 5) is 11.1. The van der Waals surface area contributed by atoms with Crippen LogP contribution in [0.2, 0.25) is 0 Å². The first-order chi connectivity index (χ1) is 12.6. The minimum Gasteiger partial charge on any atom is -0.493 e. The third-order valence-corrected chi connectivity index (χ3v) is 4.29. The average Bonchev–Trinajstić information content (AvgIpc) is 3.00. The molecule has 0 aliphatic carbocycles. The van der Waals surface area contributed by atoms with Crippen LogP contribution in [-0.4, -0.2) is 35.4 Å². The number of nitrogens with two attached hydrogens (primary N) is 1. The molecule has 6 heteroatoms. The molecule has 26 heavy (non-hydrogen) atoms. The molecule has 3 aromatic rings. The second-order valence-corrected chi connectivity index (χ2v) is 6.01. The highest BCUT2D eigenvalue weighted by atomic mass is 16.5. The Morgan fingerprint density at radius 2 is 1.85 bits per heavy atom. The maximum Gasteiger partial charge on any atom is 0.320 e. The number of nitrogens with zero attached hydrogens (tertiary/aromatic N) is 1. The molecule has 6 nitrogen and oxygen atoms in total. The number of benzene rings is 2. The van der Waals surface area contributed by atoms with Crippen LogP contribution in [0, 0.1) is 0 Å². The molecule has 0 aliphatic rings. The summed E-state index contributed by atoms with van der Waals surface area (Å²) >= 11 is 0. The van der Waals surface area contributed by atoms with Crippen LogP contribution in [-0.2, 0) is 17.8 Å². The summed E-state index contributed by atoms with van der Waals surface area (Å²) in [6.07, 6.45) is 2.25. The predicted octanol–water partition coefficient (Wildman–Crippen LogP) is 2.68. The van der Waals surface area contributed by atoms with Crippen molar-refractivity contribution in [1.82, 2.24) is 4.57 Å². The first-order valence-electron chi connectivity index (χ1n) is 8.41. The Balaban J connectivity index is 1.76. The number of hydrogen-bond donors (Lipinski definition) is 2. The summed E-state index contributed by atoms with van der Waals surface area (Å²) in [5.41, 5.74) is 7.66. The van der Waals surface area contributed by atoms with E-state index in [2.05, 4.69) is 4.57 Å². The van der Waals surface area contributed by atoms with E-state index in [-0.39, 0.29) is 6.42 Å². The summed E-state index contributed by atoms with van der Waals surface area (Å²) < 4.78 is 13.2. The molecule has 2 aromatic carbocycles. The molecule has 0 fully saturated rings. The Morgan fingerprint density at radius 3 is 2.58 bits per heavy atom. The summed E-state index contributed by atoms with van der Waals surface area (Å²) in [5, 5.41) is 10.1. The van der Waals surface area contributed by atoms with Gasteiger partial charge >= 0.3 is 5.97 Å². The molecule has 0 amide bonds. The lowest BCUT2D eigenvalue weighted by molar-refractivity contribution is -0.138. The zero-order chi connectivity index (χ0) is 18.5. The lowest BCUT2D eigenvalue weighted by Gasteiger charge is -2.11. The number of aliphatic carboxylic acids is 1. The van der Waals surface area contributed by atoms with E-state index in [0.29, 0.717) is 24.7 Å². The van der Waals surface area contributed by atoms with Crippen LogP contribution in [0.5, 0.6) is 11.5 Å². The molecule has 0 saturated carbocycles. The fourth-order valence-corrected chi connectivity index (χ4v) is 2.99. The molecule has 0 spiro atoms. The van der Waals surface area contributed by atoms with Crippen molar-refractivity contribution >= 4 is 16.9 Å². The zero-order valence-electron chi connectivity index (χ0n) is 14.6. The van der Waals surface area contributed by atoms with Gasteiger partial charge in [0.05, 0.1) is 13.7 Å². The molecule has 0 bridgehead atoms. The Morgan fingerprint density at radius 1 is 1.15 bits per heavy atom. The number of ether oxygens (including phenoxy) is 2. The van der Waals surface area contributed by atoms with E-state index in [1.54, 1.807) is 7.11 Å². The van der Waals surface area contributed by atoms with Gasteiger partial charge in [0, 0.05) is 23.5 Å². The number of aromatic nitrogens is 1. The van der Waals surface area contributed by atoms with Gasteiger partial charge in [0.1, 0.15) is 12.6 Å². The normalized spacial score (nSPS) is 12.1. The van der Waals surface area contributed by atoms with Crippen molar-refractivity contribution in [2.45, 2.75) is 19.0 Å². The van der Waals surface area contributed by atoms with E-state index >= 15 is 0 Å². The van der Waals surface area contributed by atoms with Crippen molar-refractivity contribution in [2.24, 2.45) is 5.73 Å². The fourth-order valence-electron chi connectivity index (χ4n) is 2.99. The van der Waals surface area contributed by atoms with E-state index in [0.717, 1.165) is 16.5 Å². The standard InChI is InChI=1S/C20H22N2O4/c1-25-18-8-4-5-9-19(18)26-11-10-22-13-14(12-16(21)20(23)24)15-6-2-3-7-17(15)22/h2-9,13,16H,10-12,21H2,1H3,(H,23,24). The van der Waals surface area contributed by atoms with Crippen molar-refractivity contribution in [1.29, 1.82) is 0 Å². The van der Waals surface area contributed by atoms with Crippen LogP contribution in [0.25, 0.3) is 10.9 Å². The first kappa shape index (κ1) is 17.8. The molecule has 1 heterocycles. The van der Waals surface area contributed by atoms with Gasteiger partial charge in [0.15, 0.2) is 11.5 Å². The van der Waals surface area contributed by atoms with Crippen molar-refractivity contribution < 1.29 is 19.4 Å². The molecule has 0 saturated heterocycles. The van der Waals surface area contributed by atoms with Gasteiger partial charge in [0.25, 0.3) is 0 Å². The lowest BCUT2D eigenvalue weighted by Crippen LogP contribution is -2.32. The molecule has 3 rings (SSSR count). The summed E-state index contributed by atoms with van der Waals surface area (Å²) in [5.74, 6) is 0.388. The highest BCUT2D eigenvalue weighted by Gasteiger charge is 2.16. The van der Waals surface area contributed by atoms with E-state index in [4.69, 9.17) is 20.3 Å². The number of carboxylic acid groups (broad SMARTS) is 1. The SMILES string of the molecule is COc1ccccc1OCCn1cc(CC(N)C(=O)O)c2ccccc21. The van der Waals surface area contributed by atoms with E-state index in [9.17, 15) is 4.79 Å².